The van der Waals surface area contributed by atoms with E-state index in [1.165, 1.54) is 23.1 Å². The van der Waals surface area contributed by atoms with Crippen LogP contribution in [0.15, 0.2) is 36.3 Å². The molecule has 0 aliphatic rings. The molecule has 76 valence electrons. The van der Waals surface area contributed by atoms with Crippen molar-refractivity contribution < 1.29 is 0 Å². The van der Waals surface area contributed by atoms with Crippen molar-refractivity contribution in [2.24, 2.45) is 0 Å². The van der Waals surface area contributed by atoms with Gasteiger partial charge in [0.15, 0.2) is 4.83 Å². The van der Waals surface area contributed by atoms with E-state index in [9.17, 15) is 0 Å². The van der Waals surface area contributed by atoms with Gasteiger partial charge in [0.05, 0.1) is 11.1 Å². The first-order chi connectivity index (χ1) is 7.33. The number of hydrogen-bond donors (Lipinski definition) is 0. The summed E-state index contributed by atoms with van der Waals surface area (Å²) in [5.74, 6) is 0. The highest BCUT2D eigenvalue weighted by molar-refractivity contribution is 7.16. The Hall–Kier alpha value is -1.26. The molecule has 0 spiro atoms. The highest BCUT2D eigenvalue weighted by Gasteiger charge is 2.08. The van der Waals surface area contributed by atoms with Crippen LogP contribution < -0.4 is 0 Å². The summed E-state index contributed by atoms with van der Waals surface area (Å²) in [5, 5.41) is 3.20. The van der Waals surface area contributed by atoms with Gasteiger partial charge in [-0.05, 0) is 35.6 Å². The monoisotopic (exact) mass is 234 g/mol. The highest BCUT2D eigenvalue weighted by Crippen LogP contribution is 2.28. The number of allylic oxidation sites excluding steroid dienone is 5. The first-order valence-electron chi connectivity index (χ1n) is 4.49. The second kappa shape index (κ2) is 4.51. The first-order valence-corrected chi connectivity index (χ1v) is 6.10. The lowest BCUT2D eigenvalue weighted by Crippen LogP contribution is -1.77. The van der Waals surface area contributed by atoms with Crippen LogP contribution in [-0.2, 0) is 0 Å². The minimum atomic E-state index is 1.02. The number of aromatic nitrogens is 2. The summed E-state index contributed by atoms with van der Waals surface area (Å²) in [4.78, 5) is 1.02. The Kier molecular flexibility index (Phi) is 3.08. The smallest absolute Gasteiger partial charge is 0.157 e. The van der Waals surface area contributed by atoms with Gasteiger partial charge in [-0.25, -0.2) is 0 Å². The molecule has 0 fully saturated rings. The normalized spacial score (nSPS) is 12.7. The van der Waals surface area contributed by atoms with Crippen molar-refractivity contribution in [3.63, 3.8) is 0 Å². The zero-order valence-electron chi connectivity index (χ0n) is 8.30. The Morgan fingerprint density at radius 2 is 2.27 bits per heavy atom. The summed E-state index contributed by atoms with van der Waals surface area (Å²) in [5.41, 5.74) is 2.19. The zero-order chi connectivity index (χ0) is 10.7. The van der Waals surface area contributed by atoms with Gasteiger partial charge in [-0.1, -0.05) is 30.9 Å². The van der Waals surface area contributed by atoms with E-state index in [0.717, 1.165) is 21.5 Å². The lowest BCUT2D eigenvalue weighted by Gasteiger charge is -1.92. The SMILES string of the molecule is C=C/C=C\C=C(/C)c1nsc2nscc12. The van der Waals surface area contributed by atoms with Crippen molar-refractivity contribution in [3.8, 4) is 0 Å². The Balaban J connectivity index is 2.38. The van der Waals surface area contributed by atoms with Crippen LogP contribution in [0.4, 0.5) is 0 Å². The molecule has 0 aromatic carbocycles. The van der Waals surface area contributed by atoms with Crippen LogP contribution in [0, 0.1) is 0 Å². The molecule has 0 saturated heterocycles. The van der Waals surface area contributed by atoms with E-state index in [1.807, 2.05) is 23.6 Å². The van der Waals surface area contributed by atoms with Crippen LogP contribution in [0.5, 0.6) is 0 Å². The molecule has 0 bridgehead atoms. The van der Waals surface area contributed by atoms with Crippen molar-refractivity contribution in [1.29, 1.82) is 0 Å². The van der Waals surface area contributed by atoms with Gasteiger partial charge < -0.3 is 0 Å². The number of rotatable bonds is 3. The fourth-order valence-electron chi connectivity index (χ4n) is 1.23. The van der Waals surface area contributed by atoms with Gasteiger partial charge in [0.1, 0.15) is 0 Å². The summed E-state index contributed by atoms with van der Waals surface area (Å²) < 4.78 is 8.65. The topological polar surface area (TPSA) is 25.8 Å². The Morgan fingerprint density at radius 1 is 1.40 bits per heavy atom. The summed E-state index contributed by atoms with van der Waals surface area (Å²) in [6, 6.07) is 0. The molecule has 15 heavy (non-hydrogen) atoms. The van der Waals surface area contributed by atoms with Gasteiger partial charge in [-0.15, -0.1) is 0 Å². The first kappa shape index (κ1) is 10.3. The van der Waals surface area contributed by atoms with Crippen LogP contribution in [-0.4, -0.2) is 8.75 Å². The van der Waals surface area contributed by atoms with Crippen molar-refractivity contribution >= 4 is 38.9 Å². The molecule has 0 radical (unpaired) electrons. The number of nitrogens with zero attached hydrogens (tertiary/aromatic N) is 2. The highest BCUT2D eigenvalue weighted by atomic mass is 32.1. The van der Waals surface area contributed by atoms with E-state index in [1.54, 1.807) is 6.08 Å². The van der Waals surface area contributed by atoms with Crippen LogP contribution in [0.3, 0.4) is 0 Å². The second-order valence-corrected chi connectivity index (χ2v) is 4.42. The summed E-state index contributed by atoms with van der Waals surface area (Å²) >= 11 is 2.93. The molecule has 0 atom stereocenters. The molecule has 0 saturated carbocycles. The van der Waals surface area contributed by atoms with E-state index < -0.39 is 0 Å². The Labute approximate surface area is 96.6 Å². The van der Waals surface area contributed by atoms with Crippen LogP contribution >= 0.6 is 23.1 Å². The standard InChI is InChI=1S/C11H10N2S2/c1-3-4-5-6-8(2)10-9-7-14-13-11(9)15-12-10/h3-7H,1H2,2H3/b5-4-,8-6+. The average Bonchev–Trinajstić information content (AvgIpc) is 2.78. The van der Waals surface area contributed by atoms with Gasteiger partial charge >= 0.3 is 0 Å². The summed E-state index contributed by atoms with van der Waals surface area (Å²) in [7, 11) is 0. The fraction of sp³-hybridized carbons (Fsp3) is 0.0909. The quantitative estimate of drug-likeness (QED) is 0.753. The predicted octanol–water partition coefficient (Wildman–Crippen LogP) is 3.90. The van der Waals surface area contributed by atoms with Gasteiger partial charge in [0.2, 0.25) is 0 Å². The predicted molar refractivity (Wildman–Crippen MR) is 68.3 cm³/mol. The van der Waals surface area contributed by atoms with Crippen LogP contribution in [0.1, 0.15) is 12.6 Å². The lowest BCUT2D eigenvalue weighted by molar-refractivity contribution is 1.47. The van der Waals surface area contributed by atoms with Gasteiger partial charge in [0.25, 0.3) is 0 Å². The second-order valence-electron chi connectivity index (χ2n) is 3.03. The molecule has 2 aromatic heterocycles. The van der Waals surface area contributed by atoms with Crippen LogP contribution in [0.25, 0.3) is 15.8 Å². The van der Waals surface area contributed by atoms with Crippen molar-refractivity contribution in [1.82, 2.24) is 8.75 Å². The van der Waals surface area contributed by atoms with E-state index in [-0.39, 0.29) is 0 Å². The van der Waals surface area contributed by atoms with E-state index in [4.69, 9.17) is 0 Å². The molecule has 0 aliphatic heterocycles. The maximum absolute atomic E-state index is 4.39. The van der Waals surface area contributed by atoms with E-state index in [2.05, 4.69) is 22.2 Å². The fourth-order valence-corrected chi connectivity index (χ4v) is 2.82. The van der Waals surface area contributed by atoms with Gasteiger partial charge in [-0.3, -0.25) is 0 Å². The minimum Gasteiger partial charge on any atom is -0.190 e. The molecular weight excluding hydrogens is 224 g/mol. The molecule has 0 N–H and O–H groups in total. The molecule has 0 amide bonds. The molecule has 4 heteroatoms. The van der Waals surface area contributed by atoms with Crippen molar-refractivity contribution in [3.05, 3.63) is 42.0 Å². The van der Waals surface area contributed by atoms with E-state index >= 15 is 0 Å². The van der Waals surface area contributed by atoms with Gasteiger partial charge in [0, 0.05) is 5.38 Å². The maximum Gasteiger partial charge on any atom is 0.157 e. The molecule has 0 aliphatic carbocycles. The average molecular weight is 234 g/mol. The molecule has 2 heterocycles. The van der Waals surface area contributed by atoms with Crippen molar-refractivity contribution in [2.75, 3.05) is 0 Å². The summed E-state index contributed by atoms with van der Waals surface area (Å²) in [6.45, 7) is 5.68. The lowest BCUT2D eigenvalue weighted by atomic mass is 10.1. The number of fused-ring (bicyclic) bond motifs is 1. The maximum atomic E-state index is 4.39. The Morgan fingerprint density at radius 3 is 3.07 bits per heavy atom. The third-order valence-corrected chi connectivity index (χ3v) is 3.48. The molecule has 2 rings (SSSR count). The molecule has 0 unspecified atom stereocenters. The summed E-state index contributed by atoms with van der Waals surface area (Å²) in [6.07, 6.45) is 7.66. The number of hydrogen-bond acceptors (Lipinski definition) is 4. The largest absolute Gasteiger partial charge is 0.190 e. The zero-order valence-corrected chi connectivity index (χ0v) is 9.94. The minimum absolute atomic E-state index is 1.02. The van der Waals surface area contributed by atoms with Gasteiger partial charge in [-0.2, -0.15) is 8.75 Å². The molecule has 2 aromatic rings. The Bertz CT molecular complexity index is 532. The van der Waals surface area contributed by atoms with E-state index in [0.29, 0.717) is 0 Å². The third-order valence-electron chi connectivity index (χ3n) is 1.98. The van der Waals surface area contributed by atoms with Crippen molar-refractivity contribution in [2.45, 2.75) is 6.92 Å². The van der Waals surface area contributed by atoms with Crippen LogP contribution in [0.2, 0.25) is 0 Å². The third kappa shape index (κ3) is 2.06. The molecule has 2 nitrogen and oxygen atoms in total. The molecular formula is C11H10N2S2.